The zero-order chi connectivity index (χ0) is 33.3. The lowest BCUT2D eigenvalue weighted by molar-refractivity contribution is 0.185. The van der Waals surface area contributed by atoms with Crippen molar-refractivity contribution in [1.82, 2.24) is 0 Å². The number of nitrogens with zero attached hydrogens (tertiary/aromatic N) is 2. The topological polar surface area (TPSA) is 43.4 Å². The Balaban J connectivity index is 1.30. The summed E-state index contributed by atoms with van der Waals surface area (Å²) < 4.78 is 21.5. The Bertz CT molecular complexity index is 1770. The number of hydrogen-bond acceptors (Lipinski definition) is 6. The van der Waals surface area contributed by atoms with Crippen molar-refractivity contribution in [2.24, 2.45) is 0 Å². The average Bonchev–Trinajstić information content (AvgIpc) is 3.15. The number of ether oxygens (including phenoxy) is 4. The average molecular weight is 637 g/mol. The smallest absolute Gasteiger partial charge is 0.119 e. The molecule has 0 aromatic heterocycles. The van der Waals surface area contributed by atoms with E-state index in [1.807, 2.05) is 24.3 Å². The van der Waals surface area contributed by atoms with E-state index in [1.165, 1.54) is 0 Å². The van der Waals surface area contributed by atoms with Crippen molar-refractivity contribution in [3.8, 4) is 22.6 Å². The highest BCUT2D eigenvalue weighted by Gasteiger charge is 2.15. The summed E-state index contributed by atoms with van der Waals surface area (Å²) in [5.74, 6) is 1.63. The van der Waals surface area contributed by atoms with E-state index in [1.54, 1.807) is 28.4 Å². The second-order valence-electron chi connectivity index (χ2n) is 11.4. The predicted octanol–water partition coefficient (Wildman–Crippen LogP) is 10.6. The highest BCUT2D eigenvalue weighted by atomic mass is 16.5. The van der Waals surface area contributed by atoms with Gasteiger partial charge in [0.25, 0.3) is 0 Å². The number of anilines is 6. The predicted molar refractivity (Wildman–Crippen MR) is 196 cm³/mol. The molecule has 6 nitrogen and oxygen atoms in total. The van der Waals surface area contributed by atoms with E-state index in [2.05, 4.69) is 131 Å². The standard InChI is InChI=1S/C42H40N2O4/c1-45-29-31-5-13-35(14-6-31)43(36-15-7-32(8-16-36)30-46-2)37-17-9-33(10-18-37)34-11-19-38(20-12-34)44(39-21-25-41(47-3)26-22-39)40-23-27-42(48-4)28-24-40/h5-28H,29-30H2,1-4H3. The monoisotopic (exact) mass is 636 g/mol. The van der Waals surface area contributed by atoms with Gasteiger partial charge in [0.05, 0.1) is 27.4 Å². The Labute approximate surface area is 283 Å². The van der Waals surface area contributed by atoms with Gasteiger partial charge in [-0.15, -0.1) is 0 Å². The molecule has 6 heteroatoms. The van der Waals surface area contributed by atoms with E-state index in [4.69, 9.17) is 18.9 Å². The Morgan fingerprint density at radius 2 is 0.583 bits per heavy atom. The fourth-order valence-corrected chi connectivity index (χ4v) is 5.78. The maximum absolute atomic E-state index is 5.41. The van der Waals surface area contributed by atoms with Gasteiger partial charge >= 0.3 is 0 Å². The molecule has 0 saturated carbocycles. The minimum atomic E-state index is 0.581. The fraction of sp³-hybridized carbons (Fsp3) is 0.143. The van der Waals surface area contributed by atoms with Gasteiger partial charge in [-0.05, 0) is 119 Å². The molecule has 0 bridgehead atoms. The quantitative estimate of drug-likeness (QED) is 0.126. The molecule has 0 radical (unpaired) electrons. The molecule has 0 aliphatic rings. The van der Waals surface area contributed by atoms with Gasteiger partial charge < -0.3 is 28.7 Å². The maximum atomic E-state index is 5.41. The van der Waals surface area contributed by atoms with Gasteiger partial charge in [-0.2, -0.15) is 0 Å². The van der Waals surface area contributed by atoms with Gasteiger partial charge in [-0.3, -0.25) is 0 Å². The lowest BCUT2D eigenvalue weighted by atomic mass is 10.0. The first-order valence-electron chi connectivity index (χ1n) is 15.8. The van der Waals surface area contributed by atoms with Crippen LogP contribution in [0.1, 0.15) is 11.1 Å². The summed E-state index contributed by atoms with van der Waals surface area (Å²) in [6, 6.07) is 50.6. The van der Waals surface area contributed by atoms with Crippen molar-refractivity contribution in [2.45, 2.75) is 13.2 Å². The summed E-state index contributed by atoms with van der Waals surface area (Å²) in [6.07, 6.45) is 0. The van der Waals surface area contributed by atoms with Crippen molar-refractivity contribution in [3.05, 3.63) is 157 Å². The Hall–Kier alpha value is -5.56. The van der Waals surface area contributed by atoms with Gasteiger partial charge in [-0.1, -0.05) is 48.5 Å². The van der Waals surface area contributed by atoms with Crippen LogP contribution in [-0.4, -0.2) is 28.4 Å². The molecule has 0 amide bonds. The van der Waals surface area contributed by atoms with Crippen LogP contribution in [0.5, 0.6) is 11.5 Å². The molecule has 0 atom stereocenters. The molecule has 242 valence electrons. The van der Waals surface area contributed by atoms with E-state index in [0.29, 0.717) is 13.2 Å². The molecule has 0 heterocycles. The van der Waals surface area contributed by atoms with Gasteiger partial charge in [0.2, 0.25) is 0 Å². The molecule has 0 unspecified atom stereocenters. The fourth-order valence-electron chi connectivity index (χ4n) is 5.78. The Morgan fingerprint density at radius 3 is 0.833 bits per heavy atom. The lowest BCUT2D eigenvalue weighted by Crippen LogP contribution is -2.10. The Morgan fingerprint density at radius 1 is 0.333 bits per heavy atom. The molecule has 6 aromatic rings. The summed E-state index contributed by atoms with van der Waals surface area (Å²) in [7, 11) is 6.80. The molecule has 0 aliphatic heterocycles. The summed E-state index contributed by atoms with van der Waals surface area (Å²) >= 11 is 0. The van der Waals surface area contributed by atoms with Crippen LogP contribution in [0.2, 0.25) is 0 Å². The zero-order valence-electron chi connectivity index (χ0n) is 27.8. The third-order valence-corrected chi connectivity index (χ3v) is 8.26. The first kappa shape index (κ1) is 32.4. The van der Waals surface area contributed by atoms with Crippen LogP contribution in [0, 0.1) is 0 Å². The van der Waals surface area contributed by atoms with E-state index in [-0.39, 0.29) is 0 Å². The van der Waals surface area contributed by atoms with Crippen LogP contribution in [0.15, 0.2) is 146 Å². The van der Waals surface area contributed by atoms with Crippen molar-refractivity contribution in [2.75, 3.05) is 38.2 Å². The molecule has 0 fully saturated rings. The van der Waals surface area contributed by atoms with Crippen molar-refractivity contribution < 1.29 is 18.9 Å². The van der Waals surface area contributed by atoms with Crippen LogP contribution in [0.4, 0.5) is 34.1 Å². The lowest BCUT2D eigenvalue weighted by Gasteiger charge is -2.26. The van der Waals surface area contributed by atoms with Crippen LogP contribution in [-0.2, 0) is 22.7 Å². The summed E-state index contributed by atoms with van der Waals surface area (Å²) in [4.78, 5) is 4.49. The van der Waals surface area contributed by atoms with Gasteiger partial charge in [0, 0.05) is 48.3 Å². The number of benzene rings is 6. The van der Waals surface area contributed by atoms with Crippen LogP contribution in [0.3, 0.4) is 0 Å². The molecular formula is C42H40N2O4. The first-order valence-corrected chi connectivity index (χ1v) is 15.8. The van der Waals surface area contributed by atoms with E-state index in [9.17, 15) is 0 Å². The minimum Gasteiger partial charge on any atom is -0.497 e. The van der Waals surface area contributed by atoms with Gasteiger partial charge in [-0.25, -0.2) is 0 Å². The van der Waals surface area contributed by atoms with Crippen LogP contribution >= 0.6 is 0 Å². The third-order valence-electron chi connectivity index (χ3n) is 8.26. The van der Waals surface area contributed by atoms with Crippen LogP contribution < -0.4 is 19.3 Å². The second kappa shape index (κ2) is 15.4. The third kappa shape index (κ3) is 7.36. The normalized spacial score (nSPS) is 10.8. The molecule has 6 aromatic carbocycles. The summed E-state index contributed by atoms with van der Waals surface area (Å²) in [6.45, 7) is 1.16. The highest BCUT2D eigenvalue weighted by Crippen LogP contribution is 2.39. The zero-order valence-corrected chi connectivity index (χ0v) is 27.8. The van der Waals surface area contributed by atoms with Crippen LogP contribution in [0.25, 0.3) is 11.1 Å². The maximum Gasteiger partial charge on any atom is 0.119 e. The van der Waals surface area contributed by atoms with E-state index < -0.39 is 0 Å². The molecule has 0 aliphatic carbocycles. The largest absolute Gasteiger partial charge is 0.497 e. The van der Waals surface area contributed by atoms with Crippen molar-refractivity contribution in [1.29, 1.82) is 0 Å². The Kier molecular flexibility index (Phi) is 10.4. The highest BCUT2D eigenvalue weighted by molar-refractivity contribution is 5.81. The number of methoxy groups -OCH3 is 4. The first-order chi connectivity index (χ1) is 23.6. The summed E-state index contributed by atoms with van der Waals surface area (Å²) in [5, 5.41) is 0. The SMILES string of the molecule is COCc1ccc(N(c2ccc(COC)cc2)c2ccc(-c3ccc(N(c4ccc(OC)cc4)c4ccc(OC)cc4)cc3)cc2)cc1. The molecule has 0 spiro atoms. The molecule has 0 saturated heterocycles. The van der Waals surface area contributed by atoms with E-state index >= 15 is 0 Å². The van der Waals surface area contributed by atoms with Gasteiger partial charge in [0.15, 0.2) is 0 Å². The van der Waals surface area contributed by atoms with Crippen molar-refractivity contribution in [3.63, 3.8) is 0 Å². The van der Waals surface area contributed by atoms with Crippen molar-refractivity contribution >= 4 is 34.1 Å². The molecular weight excluding hydrogens is 596 g/mol. The molecule has 0 N–H and O–H groups in total. The summed E-state index contributed by atoms with van der Waals surface area (Å²) in [5.41, 5.74) is 10.9. The minimum absolute atomic E-state index is 0.581. The molecule has 48 heavy (non-hydrogen) atoms. The second-order valence-corrected chi connectivity index (χ2v) is 11.4. The van der Waals surface area contributed by atoms with E-state index in [0.717, 1.165) is 67.9 Å². The number of hydrogen-bond donors (Lipinski definition) is 0. The molecule has 6 rings (SSSR count). The van der Waals surface area contributed by atoms with Gasteiger partial charge in [0.1, 0.15) is 11.5 Å². The number of rotatable bonds is 13.